The van der Waals surface area contributed by atoms with Crippen molar-refractivity contribution in [3.8, 4) is 0 Å². The van der Waals surface area contributed by atoms with Gasteiger partial charge in [-0.2, -0.15) is 0 Å². The van der Waals surface area contributed by atoms with Gasteiger partial charge in [-0.25, -0.2) is 4.79 Å². The molecule has 2 heterocycles. The van der Waals surface area contributed by atoms with Crippen molar-refractivity contribution in [2.75, 3.05) is 26.2 Å². The van der Waals surface area contributed by atoms with Crippen LogP contribution in [0.2, 0.25) is 0 Å². The van der Waals surface area contributed by atoms with Gasteiger partial charge in [-0.15, -0.1) is 0 Å². The molecule has 2 amide bonds. The van der Waals surface area contributed by atoms with E-state index in [1.54, 1.807) is 6.26 Å². The zero-order chi connectivity index (χ0) is 18.0. The van der Waals surface area contributed by atoms with Crippen LogP contribution in [0.4, 0.5) is 4.79 Å². The van der Waals surface area contributed by atoms with Gasteiger partial charge in [0.05, 0.1) is 12.3 Å². The van der Waals surface area contributed by atoms with Crippen LogP contribution in [0.3, 0.4) is 0 Å². The van der Waals surface area contributed by atoms with E-state index in [1.807, 2.05) is 30.3 Å². The van der Waals surface area contributed by atoms with Crippen LogP contribution in [0.1, 0.15) is 43.0 Å². The Morgan fingerprint density at radius 3 is 2.58 bits per heavy atom. The van der Waals surface area contributed by atoms with Crippen LogP contribution in [0, 0.1) is 0 Å². The minimum atomic E-state index is -0.105. The highest BCUT2D eigenvalue weighted by Crippen LogP contribution is 2.24. The van der Waals surface area contributed by atoms with Crippen molar-refractivity contribution in [2.45, 2.75) is 38.1 Å². The van der Waals surface area contributed by atoms with Gasteiger partial charge in [0.15, 0.2) is 0 Å². The Kier molecular flexibility index (Phi) is 7.14. The van der Waals surface area contributed by atoms with Crippen molar-refractivity contribution >= 4 is 6.03 Å². The number of benzene rings is 1. The first kappa shape index (κ1) is 18.5. The molecule has 3 rings (SSSR count). The number of hydrogen-bond donors (Lipinski definition) is 2. The van der Waals surface area contributed by atoms with Gasteiger partial charge in [-0.05, 0) is 56.5 Å². The number of hydrogen-bond acceptors (Lipinski definition) is 3. The Hall–Kier alpha value is -2.27. The third-order valence-electron chi connectivity index (χ3n) is 4.93. The molecule has 1 unspecified atom stereocenters. The van der Waals surface area contributed by atoms with E-state index in [-0.39, 0.29) is 12.1 Å². The van der Waals surface area contributed by atoms with Gasteiger partial charge in [-0.1, -0.05) is 36.8 Å². The van der Waals surface area contributed by atoms with Crippen LogP contribution < -0.4 is 10.6 Å². The highest BCUT2D eigenvalue weighted by molar-refractivity contribution is 5.73. The average molecular weight is 355 g/mol. The van der Waals surface area contributed by atoms with Gasteiger partial charge in [0.1, 0.15) is 5.76 Å². The van der Waals surface area contributed by atoms with E-state index < -0.39 is 0 Å². The lowest BCUT2D eigenvalue weighted by Crippen LogP contribution is -2.43. The molecule has 0 radical (unpaired) electrons. The number of carbonyl (C=O) groups excluding carboxylic acids is 1. The molecule has 5 nitrogen and oxygen atoms in total. The summed E-state index contributed by atoms with van der Waals surface area (Å²) in [5.41, 5.74) is 1.30. The molecule has 0 aliphatic carbocycles. The molecule has 140 valence electrons. The molecule has 2 aromatic rings. The number of carbonyl (C=O) groups is 1. The maximum atomic E-state index is 12.1. The summed E-state index contributed by atoms with van der Waals surface area (Å²) in [6, 6.07) is 14.3. The first-order chi connectivity index (χ1) is 12.8. The lowest BCUT2D eigenvalue weighted by atomic mass is 10.1. The summed E-state index contributed by atoms with van der Waals surface area (Å²) in [5, 5.41) is 5.97. The van der Waals surface area contributed by atoms with Gasteiger partial charge in [0, 0.05) is 13.1 Å². The molecule has 0 spiro atoms. The Balaban J connectivity index is 1.41. The molecule has 1 aromatic carbocycles. The van der Waals surface area contributed by atoms with Gasteiger partial charge >= 0.3 is 6.03 Å². The average Bonchev–Trinajstić information content (AvgIpc) is 3.22. The number of urea groups is 1. The largest absolute Gasteiger partial charge is 0.468 e. The summed E-state index contributed by atoms with van der Waals surface area (Å²) in [7, 11) is 0. The van der Waals surface area contributed by atoms with Crippen LogP contribution in [-0.2, 0) is 6.42 Å². The van der Waals surface area contributed by atoms with Crippen LogP contribution in [-0.4, -0.2) is 37.1 Å². The summed E-state index contributed by atoms with van der Waals surface area (Å²) >= 11 is 0. The summed E-state index contributed by atoms with van der Waals surface area (Å²) in [6.07, 6.45) is 7.33. The third kappa shape index (κ3) is 5.63. The van der Waals surface area contributed by atoms with E-state index in [1.165, 1.54) is 24.8 Å². The molecule has 1 atom stereocenters. The monoisotopic (exact) mass is 355 g/mol. The Labute approximate surface area is 155 Å². The summed E-state index contributed by atoms with van der Waals surface area (Å²) in [4.78, 5) is 14.6. The second kappa shape index (κ2) is 10.0. The standard InChI is InChI=1S/C21H29N3O2/c25-21(22-13-7-11-18-9-3-1-4-10-18)23-17-19(20-12-8-16-26-20)24-14-5-2-6-15-24/h1,3-4,8-10,12,16,19H,2,5-7,11,13-15,17H2,(H2,22,23,25). The van der Waals surface area contributed by atoms with Crippen molar-refractivity contribution in [3.63, 3.8) is 0 Å². The fourth-order valence-corrected chi connectivity index (χ4v) is 3.51. The van der Waals surface area contributed by atoms with Gasteiger partial charge < -0.3 is 15.1 Å². The minimum Gasteiger partial charge on any atom is -0.468 e. The number of amides is 2. The van der Waals surface area contributed by atoms with Crippen molar-refractivity contribution in [3.05, 3.63) is 60.1 Å². The first-order valence-electron chi connectivity index (χ1n) is 9.66. The number of rotatable bonds is 8. The zero-order valence-electron chi connectivity index (χ0n) is 15.3. The number of nitrogens with zero attached hydrogens (tertiary/aromatic N) is 1. The number of piperidine rings is 1. The normalized spacial score (nSPS) is 16.2. The lowest BCUT2D eigenvalue weighted by Gasteiger charge is -2.33. The Morgan fingerprint density at radius 1 is 1.04 bits per heavy atom. The number of aryl methyl sites for hydroxylation is 1. The molecule has 1 aromatic heterocycles. The minimum absolute atomic E-state index is 0.105. The highest BCUT2D eigenvalue weighted by atomic mass is 16.3. The smallest absolute Gasteiger partial charge is 0.314 e. The van der Waals surface area contributed by atoms with Gasteiger partial charge in [-0.3, -0.25) is 4.90 Å². The molecule has 1 saturated heterocycles. The van der Waals surface area contributed by atoms with Crippen molar-refractivity contribution in [2.24, 2.45) is 0 Å². The Bertz CT molecular complexity index is 637. The molecular weight excluding hydrogens is 326 g/mol. The Morgan fingerprint density at radius 2 is 1.85 bits per heavy atom. The van der Waals surface area contributed by atoms with Crippen molar-refractivity contribution < 1.29 is 9.21 Å². The second-order valence-corrected chi connectivity index (χ2v) is 6.85. The highest BCUT2D eigenvalue weighted by Gasteiger charge is 2.24. The molecule has 1 aliphatic heterocycles. The van der Waals surface area contributed by atoms with Crippen LogP contribution in [0.25, 0.3) is 0 Å². The van der Waals surface area contributed by atoms with E-state index in [0.29, 0.717) is 13.1 Å². The summed E-state index contributed by atoms with van der Waals surface area (Å²) in [5.74, 6) is 0.927. The molecule has 1 aliphatic rings. The maximum Gasteiger partial charge on any atom is 0.314 e. The number of likely N-dealkylation sites (tertiary alicyclic amines) is 1. The molecule has 1 fully saturated rings. The fraction of sp³-hybridized carbons (Fsp3) is 0.476. The predicted molar refractivity (Wildman–Crippen MR) is 103 cm³/mol. The molecule has 2 N–H and O–H groups in total. The van der Waals surface area contributed by atoms with E-state index in [2.05, 4.69) is 27.7 Å². The fourth-order valence-electron chi connectivity index (χ4n) is 3.51. The van der Waals surface area contributed by atoms with E-state index in [0.717, 1.165) is 31.7 Å². The SMILES string of the molecule is O=C(NCCCc1ccccc1)NCC(c1ccco1)N1CCCCC1. The summed E-state index contributed by atoms with van der Waals surface area (Å²) < 4.78 is 5.62. The molecule has 0 bridgehead atoms. The second-order valence-electron chi connectivity index (χ2n) is 6.85. The molecule has 26 heavy (non-hydrogen) atoms. The predicted octanol–water partition coefficient (Wildman–Crippen LogP) is 3.74. The number of furan rings is 1. The van der Waals surface area contributed by atoms with Gasteiger partial charge in [0.25, 0.3) is 0 Å². The zero-order valence-corrected chi connectivity index (χ0v) is 15.3. The van der Waals surface area contributed by atoms with Crippen LogP contribution >= 0.6 is 0 Å². The van der Waals surface area contributed by atoms with E-state index in [9.17, 15) is 4.79 Å². The molecule has 0 saturated carbocycles. The molecule has 5 heteroatoms. The topological polar surface area (TPSA) is 57.5 Å². The number of nitrogens with one attached hydrogen (secondary N) is 2. The van der Waals surface area contributed by atoms with Crippen LogP contribution in [0.5, 0.6) is 0 Å². The first-order valence-corrected chi connectivity index (χ1v) is 9.66. The van der Waals surface area contributed by atoms with E-state index >= 15 is 0 Å². The quantitative estimate of drug-likeness (QED) is 0.709. The van der Waals surface area contributed by atoms with Crippen molar-refractivity contribution in [1.29, 1.82) is 0 Å². The maximum absolute atomic E-state index is 12.1. The van der Waals surface area contributed by atoms with Gasteiger partial charge in [0.2, 0.25) is 0 Å². The lowest BCUT2D eigenvalue weighted by molar-refractivity contribution is 0.143. The summed E-state index contributed by atoms with van der Waals surface area (Å²) in [6.45, 7) is 3.37. The van der Waals surface area contributed by atoms with Crippen molar-refractivity contribution in [1.82, 2.24) is 15.5 Å². The van der Waals surface area contributed by atoms with Crippen LogP contribution in [0.15, 0.2) is 53.1 Å². The third-order valence-corrected chi connectivity index (χ3v) is 4.93. The molecular formula is C21H29N3O2. The van der Waals surface area contributed by atoms with E-state index in [4.69, 9.17) is 4.42 Å².